The summed E-state index contributed by atoms with van der Waals surface area (Å²) < 4.78 is 5.20. The molecule has 2 N–H and O–H groups in total. The Morgan fingerprint density at radius 2 is 1.44 bits per heavy atom. The van der Waals surface area contributed by atoms with Crippen LogP contribution in [0.3, 0.4) is 0 Å². The van der Waals surface area contributed by atoms with Gasteiger partial charge < -0.3 is 19.6 Å². The summed E-state index contributed by atoms with van der Waals surface area (Å²) in [4.78, 5) is 34.8. The summed E-state index contributed by atoms with van der Waals surface area (Å²) in [5.41, 5.74) is 2.50. The summed E-state index contributed by atoms with van der Waals surface area (Å²) in [6.45, 7) is 16.5. The number of carbonyl (C=O) groups excluding carboxylic acids is 1. The van der Waals surface area contributed by atoms with Gasteiger partial charge in [-0.15, -0.1) is 0 Å². The first-order valence-electron chi connectivity index (χ1n) is 15.4. The van der Waals surface area contributed by atoms with Crippen LogP contribution in [0.5, 0.6) is 0 Å². The zero-order chi connectivity index (χ0) is 29.3. The number of esters is 1. The van der Waals surface area contributed by atoms with Crippen molar-refractivity contribution in [3.8, 4) is 0 Å². The maximum Gasteiger partial charge on any atom is 0.307 e. The lowest BCUT2D eigenvalue weighted by Crippen LogP contribution is -2.30. The zero-order valence-corrected chi connectivity index (χ0v) is 25.6. The van der Waals surface area contributed by atoms with Gasteiger partial charge in [-0.05, 0) is 76.8 Å². The molecule has 9 heteroatoms. The molecular formula is C32H51N7O2. The molecule has 1 aromatic carbocycles. The second-order valence-corrected chi connectivity index (χ2v) is 10.8. The van der Waals surface area contributed by atoms with Crippen molar-refractivity contribution >= 4 is 5.97 Å². The van der Waals surface area contributed by atoms with E-state index < -0.39 is 0 Å². The van der Waals surface area contributed by atoms with E-state index in [1.807, 2.05) is 19.3 Å². The van der Waals surface area contributed by atoms with Crippen molar-refractivity contribution < 1.29 is 9.53 Å². The van der Waals surface area contributed by atoms with Gasteiger partial charge in [0.15, 0.2) is 0 Å². The third kappa shape index (κ3) is 11.8. The van der Waals surface area contributed by atoms with Crippen LogP contribution in [-0.4, -0.2) is 79.9 Å². The second kappa shape index (κ2) is 18.4. The van der Waals surface area contributed by atoms with Crippen molar-refractivity contribution in [3.05, 3.63) is 71.8 Å². The van der Waals surface area contributed by atoms with E-state index >= 15 is 0 Å². The van der Waals surface area contributed by atoms with Crippen molar-refractivity contribution in [1.82, 2.24) is 34.6 Å². The lowest BCUT2D eigenvalue weighted by Gasteiger charge is -2.27. The number of ether oxygens (including phenoxy) is 1. The molecule has 0 spiro atoms. The summed E-state index contributed by atoms with van der Waals surface area (Å²) in [5, 5.41) is 0. The SMILES string of the molecule is CCCN(CCC)CCCCN(CCC(=O)OCC)Cc1ccc(CN(Cc2ncc[nH]2)C(C)c2ncc[nH]2)cc1. The minimum absolute atomic E-state index is 0.110. The lowest BCUT2D eigenvalue weighted by atomic mass is 10.1. The van der Waals surface area contributed by atoms with Crippen LogP contribution in [0.1, 0.15) is 88.6 Å². The Balaban J connectivity index is 1.60. The molecule has 1 unspecified atom stereocenters. The molecule has 3 rings (SSSR count). The van der Waals surface area contributed by atoms with Crippen molar-refractivity contribution in [2.75, 3.05) is 39.3 Å². The largest absolute Gasteiger partial charge is 0.466 e. The Hall–Kier alpha value is -3.01. The summed E-state index contributed by atoms with van der Waals surface area (Å²) >= 11 is 0. The van der Waals surface area contributed by atoms with Crippen molar-refractivity contribution in [2.45, 2.75) is 85.5 Å². The predicted molar refractivity (Wildman–Crippen MR) is 164 cm³/mol. The topological polar surface area (TPSA) is 93.4 Å². The first-order valence-corrected chi connectivity index (χ1v) is 15.4. The van der Waals surface area contributed by atoms with E-state index in [2.05, 4.69) is 79.7 Å². The van der Waals surface area contributed by atoms with Gasteiger partial charge in [-0.3, -0.25) is 14.6 Å². The van der Waals surface area contributed by atoms with Gasteiger partial charge in [0.25, 0.3) is 0 Å². The van der Waals surface area contributed by atoms with Crippen molar-refractivity contribution in [2.24, 2.45) is 0 Å². The average molecular weight is 566 g/mol. The Labute approximate surface area is 246 Å². The molecule has 0 aliphatic carbocycles. The lowest BCUT2D eigenvalue weighted by molar-refractivity contribution is -0.143. The molecule has 9 nitrogen and oxygen atoms in total. The molecule has 2 aromatic heterocycles. The number of nitrogens with zero attached hydrogens (tertiary/aromatic N) is 5. The average Bonchev–Trinajstić information content (AvgIpc) is 3.69. The van der Waals surface area contributed by atoms with Gasteiger partial charge in [-0.1, -0.05) is 38.1 Å². The van der Waals surface area contributed by atoms with Gasteiger partial charge >= 0.3 is 5.97 Å². The molecule has 0 aliphatic rings. The number of nitrogens with one attached hydrogen (secondary N) is 2. The molecule has 0 aliphatic heterocycles. The number of carbonyl (C=O) groups is 1. The fourth-order valence-electron chi connectivity index (χ4n) is 5.22. The Bertz CT molecular complexity index is 1060. The van der Waals surface area contributed by atoms with E-state index in [-0.39, 0.29) is 12.0 Å². The normalized spacial score (nSPS) is 12.5. The smallest absolute Gasteiger partial charge is 0.307 e. The molecule has 0 amide bonds. The third-order valence-corrected chi connectivity index (χ3v) is 7.40. The van der Waals surface area contributed by atoms with Crippen LogP contribution in [0.15, 0.2) is 49.1 Å². The van der Waals surface area contributed by atoms with E-state index in [1.54, 1.807) is 12.4 Å². The van der Waals surface area contributed by atoms with Gasteiger partial charge in [0.1, 0.15) is 11.6 Å². The maximum atomic E-state index is 12.1. The van der Waals surface area contributed by atoms with Crippen molar-refractivity contribution in [1.29, 1.82) is 0 Å². The van der Waals surface area contributed by atoms with E-state index in [0.717, 1.165) is 44.2 Å². The molecule has 0 saturated heterocycles. The van der Waals surface area contributed by atoms with E-state index in [1.165, 1.54) is 43.5 Å². The molecule has 0 bridgehead atoms. The molecule has 41 heavy (non-hydrogen) atoms. The van der Waals surface area contributed by atoms with E-state index in [0.29, 0.717) is 26.1 Å². The number of unbranched alkanes of at least 4 members (excludes halogenated alkanes) is 1. The van der Waals surface area contributed by atoms with Crippen LogP contribution in [0.25, 0.3) is 0 Å². The van der Waals surface area contributed by atoms with Crippen LogP contribution >= 0.6 is 0 Å². The van der Waals surface area contributed by atoms with Gasteiger partial charge in [0.2, 0.25) is 0 Å². The van der Waals surface area contributed by atoms with Crippen LogP contribution in [-0.2, 0) is 29.2 Å². The van der Waals surface area contributed by atoms with Crippen LogP contribution in [0.4, 0.5) is 0 Å². The zero-order valence-electron chi connectivity index (χ0n) is 25.6. The molecule has 3 aromatic rings. The number of benzene rings is 1. The highest BCUT2D eigenvalue weighted by Crippen LogP contribution is 2.22. The summed E-state index contributed by atoms with van der Waals surface area (Å²) in [7, 11) is 0. The Kier molecular flexibility index (Phi) is 14.6. The summed E-state index contributed by atoms with van der Waals surface area (Å²) in [5.74, 6) is 1.76. The highest BCUT2D eigenvalue weighted by Gasteiger charge is 2.20. The van der Waals surface area contributed by atoms with Crippen molar-refractivity contribution in [3.63, 3.8) is 0 Å². The monoisotopic (exact) mass is 565 g/mol. The number of H-pyrrole nitrogens is 2. The number of aromatic amines is 2. The van der Waals surface area contributed by atoms with Crippen LogP contribution in [0.2, 0.25) is 0 Å². The fraction of sp³-hybridized carbons (Fsp3) is 0.594. The first kappa shape index (κ1) is 32.5. The maximum absolute atomic E-state index is 12.1. The molecule has 0 radical (unpaired) electrons. The Morgan fingerprint density at radius 1 is 0.805 bits per heavy atom. The van der Waals surface area contributed by atoms with E-state index in [4.69, 9.17) is 4.74 Å². The van der Waals surface area contributed by atoms with Crippen LogP contribution < -0.4 is 0 Å². The Morgan fingerprint density at radius 3 is 2.02 bits per heavy atom. The van der Waals surface area contributed by atoms with Gasteiger partial charge in [-0.25, -0.2) is 9.97 Å². The highest BCUT2D eigenvalue weighted by atomic mass is 16.5. The standard InChI is InChI=1S/C32H51N7O2/c1-5-19-37(20-6-2)21-8-9-22-38(23-14-31(40)41-7-3)24-28-10-12-29(13-11-28)25-39(26-30-33-15-16-34-30)27(4)32-35-17-18-36-32/h10-13,15-18,27H,5-9,14,19-26H2,1-4H3,(H,33,34)(H,35,36). The fourth-order valence-corrected chi connectivity index (χ4v) is 5.22. The predicted octanol–water partition coefficient (Wildman–Crippen LogP) is 5.55. The second-order valence-electron chi connectivity index (χ2n) is 10.8. The molecule has 2 heterocycles. The molecule has 226 valence electrons. The number of rotatable bonds is 21. The van der Waals surface area contributed by atoms with E-state index in [9.17, 15) is 4.79 Å². The number of imidazole rings is 2. The molecule has 0 fully saturated rings. The minimum atomic E-state index is -0.118. The molecular weight excluding hydrogens is 514 g/mol. The molecule has 0 saturated carbocycles. The first-order chi connectivity index (χ1) is 20.0. The van der Waals surface area contributed by atoms with Gasteiger partial charge in [-0.2, -0.15) is 0 Å². The number of hydrogen-bond donors (Lipinski definition) is 2. The number of aromatic nitrogens is 4. The quantitative estimate of drug-likeness (QED) is 0.129. The molecule has 1 atom stereocenters. The summed E-state index contributed by atoms with van der Waals surface area (Å²) in [6.07, 6.45) is 12.4. The highest BCUT2D eigenvalue weighted by molar-refractivity contribution is 5.69. The minimum Gasteiger partial charge on any atom is -0.466 e. The number of hydrogen-bond acceptors (Lipinski definition) is 7. The van der Waals surface area contributed by atoms with Gasteiger partial charge in [0.05, 0.1) is 25.6 Å². The van der Waals surface area contributed by atoms with Crippen LogP contribution in [0, 0.1) is 0 Å². The third-order valence-electron chi connectivity index (χ3n) is 7.40. The van der Waals surface area contributed by atoms with Gasteiger partial charge in [0, 0.05) is 44.4 Å². The summed E-state index contributed by atoms with van der Waals surface area (Å²) in [6, 6.07) is 8.99.